The van der Waals surface area contributed by atoms with Crippen molar-refractivity contribution in [1.82, 2.24) is 30.2 Å². The van der Waals surface area contributed by atoms with Gasteiger partial charge in [-0.05, 0) is 67.9 Å². The zero-order valence-electron chi connectivity index (χ0n) is 35.0. The molecule has 3 heterocycles. The molecule has 15 nitrogen and oxygen atoms in total. The molecule has 10 unspecified atom stereocenters. The van der Waals surface area contributed by atoms with Gasteiger partial charge in [0.05, 0.1) is 35.9 Å². The second-order valence-corrected chi connectivity index (χ2v) is 20.8. The first-order valence-corrected chi connectivity index (χ1v) is 22.7. The van der Waals surface area contributed by atoms with Crippen molar-refractivity contribution < 1.29 is 59.4 Å². The van der Waals surface area contributed by atoms with E-state index < -0.39 is 129 Å². The van der Waals surface area contributed by atoms with Gasteiger partial charge < -0.3 is 29.7 Å². The van der Waals surface area contributed by atoms with Gasteiger partial charge in [-0.25, -0.2) is 32.0 Å². The van der Waals surface area contributed by atoms with Gasteiger partial charge in [-0.15, -0.1) is 0 Å². The number of aromatic nitrogens is 2. The summed E-state index contributed by atoms with van der Waals surface area (Å²) in [6.45, 7) is 6.07. The van der Waals surface area contributed by atoms with Gasteiger partial charge in [-0.3, -0.25) is 19.1 Å². The summed E-state index contributed by atoms with van der Waals surface area (Å²) in [7, 11) is -2.80. The minimum atomic E-state index is -4.22. The molecular weight excluding hydrogens is 841 g/mol. The Labute approximate surface area is 356 Å². The fraction of sp³-hybridized carbons (Fsp3) is 0.667. The van der Waals surface area contributed by atoms with Crippen LogP contribution in [0.5, 0.6) is 11.6 Å². The van der Waals surface area contributed by atoms with Gasteiger partial charge in [0.1, 0.15) is 35.6 Å². The van der Waals surface area contributed by atoms with E-state index in [-0.39, 0.29) is 48.0 Å². The molecule has 62 heavy (non-hydrogen) atoms. The summed E-state index contributed by atoms with van der Waals surface area (Å²) in [5, 5.41) is 4.23. The number of methoxy groups -OCH3 is 1. The van der Waals surface area contributed by atoms with Crippen LogP contribution in [-0.2, 0) is 35.1 Å². The zero-order chi connectivity index (χ0) is 44.7. The molecule has 0 radical (unpaired) electrons. The molecule has 3 N–H and O–H groups in total. The molecule has 4 amide bonds. The number of nitrogens with one attached hydrogen (secondary N) is 3. The number of rotatable bonds is 7. The number of carbonyl (C=O) groups is 4. The lowest BCUT2D eigenvalue weighted by molar-refractivity contribution is -0.143. The van der Waals surface area contributed by atoms with Crippen molar-refractivity contribution in [3.05, 3.63) is 36.0 Å². The number of alkyl halides is 4. The molecule has 8 rings (SSSR count). The number of sulfonamides is 1. The van der Waals surface area contributed by atoms with Crippen LogP contribution < -0.4 is 24.8 Å². The Hall–Kier alpha value is -4.75. The van der Waals surface area contributed by atoms with E-state index in [1.807, 2.05) is 16.9 Å². The summed E-state index contributed by atoms with van der Waals surface area (Å²) < 4.78 is 107. The van der Waals surface area contributed by atoms with Crippen molar-refractivity contribution in [2.24, 2.45) is 35.0 Å². The Bertz CT molecular complexity index is 2290. The number of benzene rings is 1. The first kappa shape index (κ1) is 43.9. The molecule has 20 heteroatoms. The Morgan fingerprint density at radius 1 is 1.03 bits per heavy atom. The number of amides is 4. The minimum absolute atomic E-state index is 0.0820. The lowest BCUT2D eigenvalue weighted by atomic mass is 9.78. The van der Waals surface area contributed by atoms with Crippen LogP contribution >= 0.6 is 0 Å². The normalized spacial score (nSPS) is 33.4. The highest BCUT2D eigenvalue weighted by molar-refractivity contribution is 7.91. The lowest BCUT2D eigenvalue weighted by Gasteiger charge is -2.36. The smallest absolute Gasteiger partial charge is 0.408 e. The van der Waals surface area contributed by atoms with Crippen molar-refractivity contribution in [3.8, 4) is 11.6 Å². The van der Waals surface area contributed by atoms with Gasteiger partial charge in [-0.1, -0.05) is 46.3 Å². The molecule has 10 atom stereocenters. The Kier molecular flexibility index (Phi) is 11.2. The minimum Gasteiger partial charge on any atom is -0.497 e. The highest BCUT2D eigenvalue weighted by Crippen LogP contribution is 2.50. The van der Waals surface area contributed by atoms with E-state index in [9.17, 15) is 36.4 Å². The Morgan fingerprint density at radius 2 is 1.77 bits per heavy atom. The van der Waals surface area contributed by atoms with E-state index in [1.165, 1.54) is 26.2 Å². The van der Waals surface area contributed by atoms with Crippen LogP contribution in [0, 0.1) is 35.0 Å². The molecule has 3 saturated carbocycles. The average Bonchev–Trinajstić information content (AvgIpc) is 4.11. The first-order valence-electron chi connectivity index (χ1n) is 21.2. The van der Waals surface area contributed by atoms with Crippen LogP contribution in [0.25, 0.3) is 11.0 Å². The number of hydrogen-bond acceptors (Lipinski definition) is 11. The van der Waals surface area contributed by atoms with Crippen LogP contribution in [0.15, 0.2) is 30.4 Å². The third kappa shape index (κ3) is 8.15. The van der Waals surface area contributed by atoms with Crippen LogP contribution in [0.1, 0.15) is 84.8 Å². The number of carbonyl (C=O) groups excluding carboxylic acids is 4. The summed E-state index contributed by atoms with van der Waals surface area (Å²) in [4.78, 5) is 66.7. The van der Waals surface area contributed by atoms with E-state index in [2.05, 4.69) is 20.6 Å². The average molecular weight is 893 g/mol. The predicted octanol–water partition coefficient (Wildman–Crippen LogP) is 4.98. The fourth-order valence-corrected chi connectivity index (χ4v) is 11.0. The Morgan fingerprint density at radius 3 is 2.40 bits per heavy atom. The van der Waals surface area contributed by atoms with Gasteiger partial charge in [0.15, 0.2) is 5.69 Å². The predicted molar refractivity (Wildman–Crippen MR) is 213 cm³/mol. The summed E-state index contributed by atoms with van der Waals surface area (Å²) in [5.41, 5.74) is -3.85. The van der Waals surface area contributed by atoms with Crippen molar-refractivity contribution in [2.75, 3.05) is 13.7 Å². The SMILES string of the molecule is COc1ccc2nc3c(nc2c1)OC1CN(C(=O)C(C(C)(C)C)NC(=O)OC2CC4C=CC4C2CCCCC3(F)F)C(C(=O)NC2(C(=O)NS(=O)(=O)C3CC3)CC2C(F)F)C1C. The maximum absolute atomic E-state index is 16.5. The number of hydrogen-bond donors (Lipinski definition) is 3. The molecule has 338 valence electrons. The van der Waals surface area contributed by atoms with E-state index in [1.54, 1.807) is 26.8 Å². The number of allylic oxidation sites excluding steroid dienone is 2. The van der Waals surface area contributed by atoms with Crippen molar-refractivity contribution in [3.63, 3.8) is 0 Å². The molecule has 6 aliphatic rings. The molecular formula is C42H52F4N6O9S. The third-order valence-electron chi connectivity index (χ3n) is 13.5. The number of nitrogens with zero attached hydrogens (tertiary/aromatic N) is 3. The number of halogens is 4. The van der Waals surface area contributed by atoms with Crippen LogP contribution in [0.3, 0.4) is 0 Å². The first-order chi connectivity index (χ1) is 29.1. The molecule has 0 spiro atoms. The quantitative estimate of drug-likeness (QED) is 0.251. The highest BCUT2D eigenvalue weighted by Gasteiger charge is 2.67. The van der Waals surface area contributed by atoms with E-state index in [4.69, 9.17) is 14.2 Å². The standard InChI is InChI=1S/C42H52F4N6O9S/c1-20-30-19-52(31(20)35(53)50-41(18-26(41)34(43)44)38(55)51-62(57,58)23-11-12-23)37(54)33(40(2,3)4)49-39(56)61-29-16-21-9-13-24(21)25(29)8-6-7-15-42(45,46)32-36(60-30)48-28-17-22(59-5)10-14-27(28)47-32/h9-10,13-14,17,20-21,23-26,29-31,33-34H,6-8,11-12,15-16,18-19H2,1-5H3,(H,49,56)(H,50,53)(H,51,55). The van der Waals surface area contributed by atoms with Gasteiger partial charge in [0.2, 0.25) is 34.1 Å². The van der Waals surface area contributed by atoms with Gasteiger partial charge >= 0.3 is 6.09 Å². The summed E-state index contributed by atoms with van der Waals surface area (Å²) in [6.07, 6.45) is -0.979. The van der Waals surface area contributed by atoms with E-state index in [0.717, 1.165) is 4.90 Å². The number of alkyl carbamates (subject to hydrolysis) is 1. The molecule has 4 fully saturated rings. The Balaban J connectivity index is 1.19. The zero-order valence-corrected chi connectivity index (χ0v) is 35.9. The second kappa shape index (κ2) is 15.8. The topological polar surface area (TPSA) is 195 Å². The molecule has 2 bridgehead atoms. The van der Waals surface area contributed by atoms with Crippen molar-refractivity contribution in [1.29, 1.82) is 0 Å². The van der Waals surface area contributed by atoms with Crippen molar-refractivity contribution >= 4 is 44.9 Å². The second-order valence-electron chi connectivity index (χ2n) is 18.8. The highest BCUT2D eigenvalue weighted by atomic mass is 32.2. The molecule has 2 aliphatic heterocycles. The number of ether oxygens (including phenoxy) is 3. The van der Waals surface area contributed by atoms with Gasteiger partial charge in [-0.2, -0.15) is 8.78 Å². The third-order valence-corrected chi connectivity index (χ3v) is 15.3. The lowest BCUT2D eigenvalue weighted by Crippen LogP contribution is -2.61. The molecule has 4 aliphatic carbocycles. The summed E-state index contributed by atoms with van der Waals surface area (Å²) >= 11 is 0. The fourth-order valence-electron chi connectivity index (χ4n) is 9.60. The maximum atomic E-state index is 16.5. The summed E-state index contributed by atoms with van der Waals surface area (Å²) in [6, 6.07) is 1.56. The van der Waals surface area contributed by atoms with Crippen LogP contribution in [-0.4, -0.2) is 102 Å². The van der Waals surface area contributed by atoms with Gasteiger partial charge in [0, 0.05) is 24.3 Å². The largest absolute Gasteiger partial charge is 0.497 e. The monoisotopic (exact) mass is 892 g/mol. The number of fused-ring (bicyclic) bond motifs is 7. The molecule has 1 aromatic carbocycles. The van der Waals surface area contributed by atoms with Crippen LogP contribution in [0.4, 0.5) is 22.4 Å². The molecule has 1 saturated heterocycles. The molecule has 1 aromatic heterocycles. The van der Waals surface area contributed by atoms with Crippen LogP contribution in [0.2, 0.25) is 0 Å². The maximum Gasteiger partial charge on any atom is 0.408 e. The van der Waals surface area contributed by atoms with E-state index in [0.29, 0.717) is 25.0 Å². The van der Waals surface area contributed by atoms with Gasteiger partial charge in [0.25, 0.3) is 11.8 Å². The van der Waals surface area contributed by atoms with Crippen molar-refractivity contribution in [2.45, 2.75) is 126 Å². The molecule has 2 aromatic rings. The summed E-state index contributed by atoms with van der Waals surface area (Å²) in [5.74, 6) is -9.78. The van der Waals surface area contributed by atoms with E-state index >= 15 is 8.78 Å².